The van der Waals surface area contributed by atoms with Crippen molar-refractivity contribution in [3.05, 3.63) is 182 Å². The molecular formula is C50H30N4. The SMILES string of the molecule is c1ccc(-c2nc(-c3ccc4ccc5ccccc5c4n3)nc(-c3cccc4c(-c5ccc6c7ccccc7c7ccccc7c6c5)cccc34)n2)cc1. The molecule has 11 rings (SSSR count). The molecule has 2 heterocycles. The van der Waals surface area contributed by atoms with Crippen molar-refractivity contribution in [2.24, 2.45) is 0 Å². The van der Waals surface area contributed by atoms with Crippen molar-refractivity contribution < 1.29 is 0 Å². The molecule has 250 valence electrons. The highest BCUT2D eigenvalue weighted by molar-refractivity contribution is 6.26. The standard InChI is InChI=1S/C50H30N4/c1-2-13-33(14-3-1)48-52-49(54-50(53-48)46-29-27-32-25-24-31-12-4-5-15-36(31)47(32)51-46)44-23-11-21-37-35(20-10-22-41(37)44)34-26-28-43-40-18-7-6-16-38(40)39-17-8-9-19-42(39)45(43)30-34/h1-30H. The molecular weight excluding hydrogens is 657 g/mol. The highest BCUT2D eigenvalue weighted by Gasteiger charge is 2.17. The number of benzene rings is 9. The highest BCUT2D eigenvalue weighted by Crippen LogP contribution is 2.40. The second-order valence-electron chi connectivity index (χ2n) is 13.8. The quantitative estimate of drug-likeness (QED) is 0.173. The summed E-state index contributed by atoms with van der Waals surface area (Å²) in [4.78, 5) is 20.5. The van der Waals surface area contributed by atoms with E-state index in [0.29, 0.717) is 23.2 Å². The molecule has 0 aliphatic carbocycles. The van der Waals surface area contributed by atoms with Crippen molar-refractivity contribution in [3.63, 3.8) is 0 Å². The summed E-state index contributed by atoms with van der Waals surface area (Å²) >= 11 is 0. The normalized spacial score (nSPS) is 11.7. The van der Waals surface area contributed by atoms with E-state index >= 15 is 0 Å². The molecule has 2 aromatic heterocycles. The average Bonchev–Trinajstić information content (AvgIpc) is 3.26. The third-order valence-corrected chi connectivity index (χ3v) is 10.7. The van der Waals surface area contributed by atoms with Crippen LogP contribution in [0.25, 0.3) is 110 Å². The number of nitrogens with zero attached hydrogens (tertiary/aromatic N) is 4. The molecule has 0 atom stereocenters. The summed E-state index contributed by atoms with van der Waals surface area (Å²) in [6, 6.07) is 64.2. The van der Waals surface area contributed by atoms with Crippen molar-refractivity contribution in [2.45, 2.75) is 0 Å². The van der Waals surface area contributed by atoms with Gasteiger partial charge in [-0.1, -0.05) is 170 Å². The highest BCUT2D eigenvalue weighted by atomic mass is 15.0. The van der Waals surface area contributed by atoms with Gasteiger partial charge in [-0.15, -0.1) is 0 Å². The third kappa shape index (κ3) is 4.85. The molecule has 4 heteroatoms. The topological polar surface area (TPSA) is 51.6 Å². The van der Waals surface area contributed by atoms with E-state index in [9.17, 15) is 0 Å². The molecule has 0 saturated heterocycles. The zero-order valence-electron chi connectivity index (χ0n) is 29.1. The molecule has 0 aliphatic rings. The summed E-state index contributed by atoms with van der Waals surface area (Å²) in [7, 11) is 0. The van der Waals surface area contributed by atoms with Crippen molar-refractivity contribution in [2.75, 3.05) is 0 Å². The van der Waals surface area contributed by atoms with Gasteiger partial charge in [-0.3, -0.25) is 0 Å². The molecule has 54 heavy (non-hydrogen) atoms. The molecule has 0 bridgehead atoms. The number of hydrogen-bond donors (Lipinski definition) is 0. The number of pyridine rings is 1. The van der Waals surface area contributed by atoms with E-state index in [-0.39, 0.29) is 0 Å². The smallest absolute Gasteiger partial charge is 0.182 e. The minimum atomic E-state index is 0.537. The van der Waals surface area contributed by atoms with Gasteiger partial charge in [0, 0.05) is 21.9 Å². The summed E-state index contributed by atoms with van der Waals surface area (Å²) in [5.41, 5.74) is 5.83. The van der Waals surface area contributed by atoms with Crippen molar-refractivity contribution in [1.29, 1.82) is 0 Å². The van der Waals surface area contributed by atoms with E-state index in [0.717, 1.165) is 49.1 Å². The van der Waals surface area contributed by atoms with Crippen LogP contribution in [-0.4, -0.2) is 19.9 Å². The Hall–Kier alpha value is -7.30. The van der Waals surface area contributed by atoms with Gasteiger partial charge >= 0.3 is 0 Å². The fourth-order valence-electron chi connectivity index (χ4n) is 8.14. The van der Waals surface area contributed by atoms with Crippen LogP contribution >= 0.6 is 0 Å². The Bertz CT molecular complexity index is 3240. The maximum Gasteiger partial charge on any atom is 0.182 e. The molecule has 11 aromatic rings. The van der Waals surface area contributed by atoms with Crippen LogP contribution in [0.3, 0.4) is 0 Å². The van der Waals surface area contributed by atoms with Crippen LogP contribution in [0, 0.1) is 0 Å². The van der Waals surface area contributed by atoms with Gasteiger partial charge < -0.3 is 0 Å². The Morgan fingerprint density at radius 2 is 0.796 bits per heavy atom. The van der Waals surface area contributed by atoms with E-state index in [2.05, 4.69) is 146 Å². The van der Waals surface area contributed by atoms with Gasteiger partial charge in [0.1, 0.15) is 5.69 Å². The monoisotopic (exact) mass is 686 g/mol. The molecule has 9 aromatic carbocycles. The minimum Gasteiger partial charge on any atom is -0.244 e. The Labute approximate surface area is 311 Å². The van der Waals surface area contributed by atoms with E-state index in [1.54, 1.807) is 0 Å². The molecule has 0 radical (unpaired) electrons. The van der Waals surface area contributed by atoms with Crippen LogP contribution in [-0.2, 0) is 0 Å². The van der Waals surface area contributed by atoms with Crippen LogP contribution in [0.15, 0.2) is 182 Å². The second kappa shape index (κ2) is 12.1. The Morgan fingerprint density at radius 3 is 1.56 bits per heavy atom. The van der Waals surface area contributed by atoms with E-state index in [1.165, 1.54) is 37.9 Å². The fourth-order valence-corrected chi connectivity index (χ4v) is 8.14. The number of fused-ring (bicyclic) bond motifs is 10. The summed E-state index contributed by atoms with van der Waals surface area (Å²) < 4.78 is 0. The summed E-state index contributed by atoms with van der Waals surface area (Å²) in [6.45, 7) is 0. The molecule has 0 saturated carbocycles. The van der Waals surface area contributed by atoms with Crippen molar-refractivity contribution in [1.82, 2.24) is 19.9 Å². The predicted octanol–water partition coefficient (Wildman–Crippen LogP) is 12.9. The number of rotatable bonds is 4. The first kappa shape index (κ1) is 30.3. The Balaban J connectivity index is 1.11. The number of hydrogen-bond acceptors (Lipinski definition) is 4. The first-order valence-electron chi connectivity index (χ1n) is 18.2. The first-order chi connectivity index (χ1) is 26.8. The van der Waals surface area contributed by atoms with Crippen LogP contribution in [0.4, 0.5) is 0 Å². The zero-order chi connectivity index (χ0) is 35.6. The van der Waals surface area contributed by atoms with Gasteiger partial charge in [0.15, 0.2) is 17.5 Å². The molecule has 0 unspecified atom stereocenters. The van der Waals surface area contributed by atoms with Gasteiger partial charge in [0.2, 0.25) is 0 Å². The van der Waals surface area contributed by atoms with Crippen LogP contribution in [0.2, 0.25) is 0 Å². The lowest BCUT2D eigenvalue weighted by molar-refractivity contribution is 1.06. The summed E-state index contributed by atoms with van der Waals surface area (Å²) in [5, 5.41) is 13.1. The van der Waals surface area contributed by atoms with E-state index in [4.69, 9.17) is 19.9 Å². The Kier molecular flexibility index (Phi) is 6.82. The molecule has 0 amide bonds. The third-order valence-electron chi connectivity index (χ3n) is 10.7. The van der Waals surface area contributed by atoms with E-state index < -0.39 is 0 Å². The average molecular weight is 687 g/mol. The zero-order valence-corrected chi connectivity index (χ0v) is 29.1. The number of aromatic nitrogens is 4. The van der Waals surface area contributed by atoms with Crippen molar-refractivity contribution >= 4 is 64.8 Å². The summed E-state index contributed by atoms with van der Waals surface area (Å²) in [5.74, 6) is 1.75. The van der Waals surface area contributed by atoms with Gasteiger partial charge in [-0.2, -0.15) is 0 Å². The molecule has 0 spiro atoms. The van der Waals surface area contributed by atoms with Crippen LogP contribution in [0.5, 0.6) is 0 Å². The fraction of sp³-hybridized carbons (Fsp3) is 0. The molecule has 0 N–H and O–H groups in total. The first-order valence-corrected chi connectivity index (χ1v) is 18.2. The molecule has 4 nitrogen and oxygen atoms in total. The molecule has 0 aliphatic heterocycles. The van der Waals surface area contributed by atoms with Gasteiger partial charge in [0.25, 0.3) is 0 Å². The largest absolute Gasteiger partial charge is 0.244 e. The Morgan fingerprint density at radius 1 is 0.259 bits per heavy atom. The maximum atomic E-state index is 5.17. The van der Waals surface area contributed by atoms with E-state index in [1.807, 2.05) is 36.4 Å². The van der Waals surface area contributed by atoms with Gasteiger partial charge in [0.05, 0.1) is 5.52 Å². The maximum absolute atomic E-state index is 5.17. The predicted molar refractivity (Wildman–Crippen MR) is 224 cm³/mol. The second-order valence-corrected chi connectivity index (χ2v) is 13.8. The lowest BCUT2D eigenvalue weighted by Gasteiger charge is -2.14. The van der Waals surface area contributed by atoms with Crippen LogP contribution < -0.4 is 0 Å². The lowest BCUT2D eigenvalue weighted by Crippen LogP contribution is -2.01. The minimum absolute atomic E-state index is 0.537. The van der Waals surface area contributed by atoms with Crippen LogP contribution in [0.1, 0.15) is 0 Å². The molecule has 0 fully saturated rings. The van der Waals surface area contributed by atoms with Crippen molar-refractivity contribution in [3.8, 4) is 45.4 Å². The van der Waals surface area contributed by atoms with Gasteiger partial charge in [-0.25, -0.2) is 19.9 Å². The summed E-state index contributed by atoms with van der Waals surface area (Å²) in [6.07, 6.45) is 0. The van der Waals surface area contributed by atoms with Gasteiger partial charge in [-0.05, 0) is 71.7 Å². The lowest BCUT2D eigenvalue weighted by atomic mass is 9.90.